The monoisotopic (exact) mass is 611 g/mol. The van der Waals surface area contributed by atoms with Gasteiger partial charge in [0.1, 0.15) is 11.3 Å². The molecule has 0 bridgehead atoms. The van der Waals surface area contributed by atoms with E-state index in [2.05, 4.69) is 179 Å². The summed E-state index contributed by atoms with van der Waals surface area (Å²) in [6, 6.07) is 44.2. The topological polar surface area (TPSA) is 22.8 Å². The van der Waals surface area contributed by atoms with Crippen LogP contribution in [-0.2, 0) is 10.8 Å². The lowest BCUT2D eigenvalue weighted by Gasteiger charge is -2.22. The predicted molar refractivity (Wildman–Crippen MR) is 200 cm³/mol. The third kappa shape index (κ3) is 4.59. The van der Waals surface area contributed by atoms with Crippen LogP contribution in [0.25, 0.3) is 66.4 Å². The van der Waals surface area contributed by atoms with Crippen LogP contribution in [0, 0.1) is 6.92 Å². The molecule has 0 saturated heterocycles. The number of benzene rings is 5. The molecule has 0 atom stereocenters. The number of hydrogen-bond donors (Lipinski definition) is 0. The molecule has 5 aromatic carbocycles. The van der Waals surface area contributed by atoms with Gasteiger partial charge in [0.15, 0.2) is 0 Å². The number of hydrogen-bond acceptors (Lipinski definition) is 1. The van der Waals surface area contributed by atoms with E-state index >= 15 is 0 Å². The maximum absolute atomic E-state index is 5.67. The zero-order valence-corrected chi connectivity index (χ0v) is 28.4. The van der Waals surface area contributed by atoms with E-state index in [1.165, 1.54) is 60.4 Å². The highest BCUT2D eigenvalue weighted by molar-refractivity contribution is 6.20. The minimum absolute atomic E-state index is 0.0722. The zero-order valence-electron chi connectivity index (χ0n) is 28.4. The van der Waals surface area contributed by atoms with Crippen LogP contribution in [0.5, 0.6) is 0 Å². The fourth-order valence-corrected chi connectivity index (χ4v) is 7.44. The van der Waals surface area contributed by atoms with Crippen molar-refractivity contribution in [2.45, 2.75) is 59.3 Å². The molecule has 0 amide bonds. The standard InChI is InChI=1S/C44H41N3/c1-28-24-25-30(43(2,3)4)27-35(28)29-16-15-19-32(26-29)47-37-23-14-12-21-34(37)39-40(44(5,6)7)38-33-20-11-13-22-36(33)46(41(38)45-42(39)47)31-17-9-8-10-18-31/h8-27H,1-7H3. The van der Waals surface area contributed by atoms with Gasteiger partial charge in [0, 0.05) is 32.9 Å². The van der Waals surface area contributed by atoms with Crippen molar-refractivity contribution in [3.8, 4) is 22.5 Å². The molecule has 3 heteroatoms. The molecule has 232 valence electrons. The average Bonchev–Trinajstić information content (AvgIpc) is 3.56. The molecular weight excluding hydrogens is 571 g/mol. The van der Waals surface area contributed by atoms with Crippen LogP contribution in [0.3, 0.4) is 0 Å². The first kappa shape index (κ1) is 29.3. The summed E-state index contributed by atoms with van der Waals surface area (Å²) in [6.45, 7) is 16.1. The molecule has 0 radical (unpaired) electrons. The van der Waals surface area contributed by atoms with Gasteiger partial charge in [-0.2, -0.15) is 0 Å². The van der Waals surface area contributed by atoms with E-state index < -0.39 is 0 Å². The fraction of sp³-hybridized carbons (Fsp3) is 0.205. The van der Waals surface area contributed by atoms with Gasteiger partial charge in [-0.15, -0.1) is 0 Å². The van der Waals surface area contributed by atoms with Crippen LogP contribution >= 0.6 is 0 Å². The van der Waals surface area contributed by atoms with E-state index in [0.717, 1.165) is 22.7 Å². The first-order valence-electron chi connectivity index (χ1n) is 16.7. The summed E-state index contributed by atoms with van der Waals surface area (Å²) in [5.41, 5.74) is 12.9. The first-order chi connectivity index (χ1) is 22.5. The highest BCUT2D eigenvalue weighted by Gasteiger charge is 2.29. The third-order valence-electron chi connectivity index (χ3n) is 9.69. The molecular formula is C44H41N3. The number of aromatic nitrogens is 3. The second-order valence-corrected chi connectivity index (χ2v) is 15.0. The van der Waals surface area contributed by atoms with E-state index in [9.17, 15) is 0 Å². The predicted octanol–water partition coefficient (Wildman–Crippen LogP) is 11.8. The molecule has 3 nitrogen and oxygen atoms in total. The second-order valence-electron chi connectivity index (χ2n) is 15.0. The normalized spacial score (nSPS) is 12.6. The fourth-order valence-electron chi connectivity index (χ4n) is 7.44. The van der Waals surface area contributed by atoms with Crippen LogP contribution in [-0.4, -0.2) is 14.1 Å². The molecule has 0 aliphatic rings. The number of fused-ring (bicyclic) bond motifs is 6. The van der Waals surface area contributed by atoms with Crippen molar-refractivity contribution in [3.63, 3.8) is 0 Å². The van der Waals surface area contributed by atoms with Gasteiger partial charge in [0.2, 0.25) is 0 Å². The molecule has 8 aromatic rings. The first-order valence-corrected chi connectivity index (χ1v) is 16.7. The van der Waals surface area contributed by atoms with Crippen molar-refractivity contribution in [2.24, 2.45) is 0 Å². The molecule has 0 aliphatic carbocycles. The summed E-state index contributed by atoms with van der Waals surface area (Å²) in [4.78, 5) is 5.67. The van der Waals surface area contributed by atoms with Gasteiger partial charge in [-0.05, 0) is 82.0 Å². The van der Waals surface area contributed by atoms with Crippen LogP contribution in [0.4, 0.5) is 0 Å². The highest BCUT2D eigenvalue weighted by atomic mass is 15.1. The van der Waals surface area contributed by atoms with Gasteiger partial charge in [-0.3, -0.25) is 9.13 Å². The Morgan fingerprint density at radius 2 is 1.06 bits per heavy atom. The second kappa shape index (κ2) is 10.4. The number of nitrogens with zero attached hydrogens (tertiary/aromatic N) is 3. The summed E-state index contributed by atoms with van der Waals surface area (Å²) < 4.78 is 4.73. The Labute approximate surface area is 277 Å². The Bertz CT molecular complexity index is 2480. The lowest BCUT2D eigenvalue weighted by molar-refractivity contribution is 0.590. The molecule has 0 spiro atoms. The van der Waals surface area contributed by atoms with Gasteiger partial charge >= 0.3 is 0 Å². The summed E-state index contributed by atoms with van der Waals surface area (Å²) >= 11 is 0. The maximum atomic E-state index is 5.67. The summed E-state index contributed by atoms with van der Waals surface area (Å²) in [5.74, 6) is 0. The third-order valence-corrected chi connectivity index (χ3v) is 9.69. The van der Waals surface area contributed by atoms with Crippen LogP contribution in [0.15, 0.2) is 121 Å². The largest absolute Gasteiger partial charge is 0.294 e. The van der Waals surface area contributed by atoms with Crippen molar-refractivity contribution in [1.82, 2.24) is 14.1 Å². The van der Waals surface area contributed by atoms with E-state index in [-0.39, 0.29) is 10.8 Å². The molecule has 3 heterocycles. The van der Waals surface area contributed by atoms with Crippen molar-refractivity contribution >= 4 is 43.9 Å². The highest BCUT2D eigenvalue weighted by Crippen LogP contribution is 2.45. The van der Waals surface area contributed by atoms with Gasteiger partial charge in [-0.1, -0.05) is 126 Å². The lowest BCUT2D eigenvalue weighted by atomic mass is 9.82. The SMILES string of the molecule is Cc1ccc(C(C)(C)C)cc1-c1cccc(-n2c3ccccc3c3c(C(C)(C)C)c4c5ccccc5n(-c5ccccc5)c4nc32)c1. The van der Waals surface area contributed by atoms with Gasteiger partial charge in [-0.25, -0.2) is 4.98 Å². The molecule has 0 N–H and O–H groups in total. The molecule has 47 heavy (non-hydrogen) atoms. The smallest absolute Gasteiger partial charge is 0.148 e. The average molecular weight is 612 g/mol. The molecule has 0 saturated carbocycles. The van der Waals surface area contributed by atoms with Crippen molar-refractivity contribution in [3.05, 3.63) is 138 Å². The number of para-hydroxylation sites is 3. The van der Waals surface area contributed by atoms with Crippen molar-refractivity contribution in [2.75, 3.05) is 0 Å². The molecule has 0 unspecified atom stereocenters. The minimum atomic E-state index is -0.146. The Morgan fingerprint density at radius 3 is 1.66 bits per heavy atom. The summed E-state index contributed by atoms with van der Waals surface area (Å²) in [6.07, 6.45) is 0. The van der Waals surface area contributed by atoms with E-state index in [4.69, 9.17) is 4.98 Å². The van der Waals surface area contributed by atoms with Gasteiger partial charge < -0.3 is 0 Å². The number of rotatable bonds is 3. The molecule has 0 aliphatic heterocycles. The van der Waals surface area contributed by atoms with Crippen molar-refractivity contribution < 1.29 is 0 Å². The van der Waals surface area contributed by atoms with Crippen LogP contribution in [0.1, 0.15) is 58.2 Å². The van der Waals surface area contributed by atoms with E-state index in [1.807, 2.05) is 0 Å². The van der Waals surface area contributed by atoms with Gasteiger partial charge in [0.25, 0.3) is 0 Å². The maximum Gasteiger partial charge on any atom is 0.148 e. The molecule has 0 fully saturated rings. The van der Waals surface area contributed by atoms with Crippen LogP contribution < -0.4 is 0 Å². The van der Waals surface area contributed by atoms with Gasteiger partial charge in [0.05, 0.1) is 11.0 Å². The molecule has 3 aromatic heterocycles. The number of pyridine rings is 1. The zero-order chi connectivity index (χ0) is 32.7. The Balaban J connectivity index is 1.52. The Morgan fingerprint density at radius 1 is 0.511 bits per heavy atom. The minimum Gasteiger partial charge on any atom is -0.294 e. The quantitative estimate of drug-likeness (QED) is 0.195. The summed E-state index contributed by atoms with van der Waals surface area (Å²) in [7, 11) is 0. The lowest BCUT2D eigenvalue weighted by Crippen LogP contribution is -2.13. The van der Waals surface area contributed by atoms with Crippen molar-refractivity contribution in [1.29, 1.82) is 0 Å². The molecule has 8 rings (SSSR count). The Hall–Kier alpha value is -5.15. The Kier molecular flexibility index (Phi) is 6.50. The van der Waals surface area contributed by atoms with E-state index in [1.54, 1.807) is 0 Å². The number of aryl methyl sites for hydroxylation is 1. The van der Waals surface area contributed by atoms with E-state index in [0.29, 0.717) is 0 Å². The summed E-state index contributed by atoms with van der Waals surface area (Å²) in [5, 5.41) is 4.93. The van der Waals surface area contributed by atoms with Crippen LogP contribution in [0.2, 0.25) is 0 Å².